The zero-order valence-corrected chi connectivity index (χ0v) is 13.6. The molecule has 0 spiro atoms. The maximum atomic E-state index is 5.35. The lowest BCUT2D eigenvalue weighted by Gasteiger charge is -2.15. The molecule has 0 heterocycles. The van der Waals surface area contributed by atoms with Crippen LogP contribution in [0, 0.1) is 0 Å². The van der Waals surface area contributed by atoms with E-state index >= 15 is 0 Å². The lowest BCUT2D eigenvalue weighted by atomic mass is 10.1. The zero-order valence-electron chi connectivity index (χ0n) is 13.6. The minimum Gasteiger partial charge on any atom is -0.493 e. The number of rotatable bonds is 8. The molecule has 0 aliphatic rings. The molecule has 1 atom stereocenters. The van der Waals surface area contributed by atoms with Gasteiger partial charge in [-0.2, -0.15) is 0 Å². The van der Waals surface area contributed by atoms with Gasteiger partial charge in [-0.05, 0) is 49.6 Å². The lowest BCUT2D eigenvalue weighted by Crippen LogP contribution is -2.29. The van der Waals surface area contributed by atoms with Crippen LogP contribution in [0.3, 0.4) is 0 Å². The van der Waals surface area contributed by atoms with E-state index in [1.165, 1.54) is 11.1 Å². The minimum atomic E-state index is 0.418. The van der Waals surface area contributed by atoms with E-state index in [9.17, 15) is 0 Å². The molecule has 2 aromatic carbocycles. The van der Waals surface area contributed by atoms with Crippen LogP contribution in [-0.4, -0.2) is 26.8 Å². The smallest absolute Gasteiger partial charge is 0.160 e. The number of methoxy groups -OCH3 is 2. The first kappa shape index (κ1) is 16.4. The van der Waals surface area contributed by atoms with E-state index in [4.69, 9.17) is 9.47 Å². The van der Waals surface area contributed by atoms with Crippen LogP contribution >= 0.6 is 0 Å². The Kier molecular flexibility index (Phi) is 6.28. The molecule has 0 saturated heterocycles. The van der Waals surface area contributed by atoms with E-state index in [1.54, 1.807) is 14.2 Å². The molecule has 3 nitrogen and oxygen atoms in total. The molecule has 0 aromatic heterocycles. The molecular formula is C19H25NO2. The highest BCUT2D eigenvalue weighted by Crippen LogP contribution is 2.27. The molecular weight excluding hydrogens is 274 g/mol. The second-order valence-electron chi connectivity index (χ2n) is 5.48. The maximum Gasteiger partial charge on any atom is 0.160 e. The highest BCUT2D eigenvalue weighted by atomic mass is 16.5. The Bertz CT molecular complexity index is 569. The molecule has 0 aliphatic carbocycles. The second-order valence-corrected chi connectivity index (χ2v) is 5.48. The Balaban J connectivity index is 1.82. The third-order valence-corrected chi connectivity index (χ3v) is 3.74. The minimum absolute atomic E-state index is 0.418. The Labute approximate surface area is 133 Å². The Morgan fingerprint density at radius 3 is 2.32 bits per heavy atom. The Morgan fingerprint density at radius 2 is 1.64 bits per heavy atom. The molecule has 0 amide bonds. The zero-order chi connectivity index (χ0) is 15.8. The first-order valence-electron chi connectivity index (χ1n) is 7.71. The molecule has 0 bridgehead atoms. The van der Waals surface area contributed by atoms with E-state index in [0.29, 0.717) is 6.04 Å². The van der Waals surface area contributed by atoms with Crippen molar-refractivity contribution in [1.29, 1.82) is 0 Å². The summed E-state index contributed by atoms with van der Waals surface area (Å²) in [6.45, 7) is 3.19. The summed E-state index contributed by atoms with van der Waals surface area (Å²) in [7, 11) is 3.33. The SMILES string of the molecule is COc1ccc(CC(C)NCCc2ccccc2)cc1OC. The van der Waals surface area contributed by atoms with Crippen LogP contribution in [-0.2, 0) is 12.8 Å². The lowest BCUT2D eigenvalue weighted by molar-refractivity contribution is 0.354. The van der Waals surface area contributed by atoms with E-state index in [-0.39, 0.29) is 0 Å². The van der Waals surface area contributed by atoms with Gasteiger partial charge in [0.05, 0.1) is 14.2 Å². The second kappa shape index (κ2) is 8.44. The van der Waals surface area contributed by atoms with Crippen LogP contribution in [0.5, 0.6) is 11.5 Å². The summed E-state index contributed by atoms with van der Waals surface area (Å²) in [6, 6.07) is 17.1. The van der Waals surface area contributed by atoms with Gasteiger partial charge in [0.1, 0.15) is 0 Å². The van der Waals surface area contributed by atoms with Crippen molar-refractivity contribution in [1.82, 2.24) is 5.32 Å². The van der Waals surface area contributed by atoms with E-state index in [1.807, 2.05) is 12.1 Å². The predicted octanol–water partition coefficient (Wildman–Crippen LogP) is 3.47. The monoisotopic (exact) mass is 299 g/mol. The van der Waals surface area contributed by atoms with Crippen LogP contribution < -0.4 is 14.8 Å². The van der Waals surface area contributed by atoms with Crippen molar-refractivity contribution in [3.63, 3.8) is 0 Å². The molecule has 0 saturated carbocycles. The summed E-state index contributed by atoms with van der Waals surface area (Å²) in [4.78, 5) is 0. The molecule has 2 rings (SSSR count). The first-order chi connectivity index (χ1) is 10.7. The van der Waals surface area contributed by atoms with Gasteiger partial charge in [-0.1, -0.05) is 36.4 Å². The van der Waals surface area contributed by atoms with Gasteiger partial charge >= 0.3 is 0 Å². The molecule has 118 valence electrons. The van der Waals surface area contributed by atoms with Crippen LogP contribution in [0.25, 0.3) is 0 Å². The van der Waals surface area contributed by atoms with Crippen molar-refractivity contribution in [3.8, 4) is 11.5 Å². The van der Waals surface area contributed by atoms with Crippen LogP contribution in [0.15, 0.2) is 48.5 Å². The fourth-order valence-corrected chi connectivity index (χ4v) is 2.54. The third-order valence-electron chi connectivity index (χ3n) is 3.74. The number of nitrogens with one attached hydrogen (secondary N) is 1. The van der Waals surface area contributed by atoms with Gasteiger partial charge in [-0.3, -0.25) is 0 Å². The van der Waals surface area contributed by atoms with Gasteiger partial charge in [0, 0.05) is 6.04 Å². The average molecular weight is 299 g/mol. The maximum absolute atomic E-state index is 5.35. The fraction of sp³-hybridized carbons (Fsp3) is 0.368. The summed E-state index contributed by atoms with van der Waals surface area (Å²) in [5.41, 5.74) is 2.62. The number of hydrogen-bond acceptors (Lipinski definition) is 3. The van der Waals surface area contributed by atoms with Gasteiger partial charge in [0.25, 0.3) is 0 Å². The van der Waals surface area contributed by atoms with Crippen molar-refractivity contribution in [2.24, 2.45) is 0 Å². The average Bonchev–Trinajstić information content (AvgIpc) is 2.55. The van der Waals surface area contributed by atoms with Gasteiger partial charge in [-0.25, -0.2) is 0 Å². The van der Waals surface area contributed by atoms with Gasteiger partial charge in [0.2, 0.25) is 0 Å². The number of benzene rings is 2. The summed E-state index contributed by atoms with van der Waals surface area (Å²) >= 11 is 0. The summed E-state index contributed by atoms with van der Waals surface area (Å²) < 4.78 is 10.6. The normalized spacial score (nSPS) is 12.0. The molecule has 0 radical (unpaired) electrons. The molecule has 1 N–H and O–H groups in total. The van der Waals surface area contributed by atoms with Crippen molar-refractivity contribution in [2.75, 3.05) is 20.8 Å². The van der Waals surface area contributed by atoms with E-state index in [2.05, 4.69) is 48.6 Å². The van der Waals surface area contributed by atoms with Crippen molar-refractivity contribution < 1.29 is 9.47 Å². The van der Waals surface area contributed by atoms with Crippen molar-refractivity contribution in [3.05, 3.63) is 59.7 Å². The number of hydrogen-bond donors (Lipinski definition) is 1. The van der Waals surface area contributed by atoms with Crippen LogP contribution in [0.4, 0.5) is 0 Å². The molecule has 22 heavy (non-hydrogen) atoms. The highest BCUT2D eigenvalue weighted by molar-refractivity contribution is 5.43. The van der Waals surface area contributed by atoms with Gasteiger partial charge in [-0.15, -0.1) is 0 Å². The van der Waals surface area contributed by atoms with Crippen LogP contribution in [0.1, 0.15) is 18.1 Å². The Morgan fingerprint density at radius 1 is 0.909 bits per heavy atom. The Hall–Kier alpha value is -2.00. The topological polar surface area (TPSA) is 30.5 Å². The van der Waals surface area contributed by atoms with Crippen molar-refractivity contribution >= 4 is 0 Å². The molecule has 3 heteroatoms. The largest absolute Gasteiger partial charge is 0.493 e. The van der Waals surface area contributed by atoms with Gasteiger partial charge < -0.3 is 14.8 Å². The predicted molar refractivity (Wildman–Crippen MR) is 90.9 cm³/mol. The van der Waals surface area contributed by atoms with E-state index < -0.39 is 0 Å². The summed E-state index contributed by atoms with van der Waals surface area (Å²) in [6.07, 6.45) is 2.02. The number of ether oxygens (including phenoxy) is 2. The molecule has 2 aromatic rings. The highest BCUT2D eigenvalue weighted by Gasteiger charge is 2.07. The standard InChI is InChI=1S/C19H25NO2/c1-15(20-12-11-16-7-5-4-6-8-16)13-17-9-10-18(21-2)19(14-17)22-3/h4-10,14-15,20H,11-13H2,1-3H3. The third kappa shape index (κ3) is 4.78. The molecule has 0 aliphatic heterocycles. The van der Waals surface area contributed by atoms with Gasteiger partial charge in [0.15, 0.2) is 11.5 Å². The quantitative estimate of drug-likeness (QED) is 0.809. The molecule has 1 unspecified atom stereocenters. The van der Waals surface area contributed by atoms with Crippen LogP contribution in [0.2, 0.25) is 0 Å². The summed E-state index contributed by atoms with van der Waals surface area (Å²) in [5, 5.41) is 3.57. The summed E-state index contributed by atoms with van der Waals surface area (Å²) in [5.74, 6) is 1.56. The van der Waals surface area contributed by atoms with E-state index in [0.717, 1.165) is 30.9 Å². The van der Waals surface area contributed by atoms with Crippen molar-refractivity contribution in [2.45, 2.75) is 25.8 Å². The molecule has 0 fully saturated rings. The fourth-order valence-electron chi connectivity index (χ4n) is 2.54. The first-order valence-corrected chi connectivity index (χ1v) is 7.71.